The summed E-state index contributed by atoms with van der Waals surface area (Å²) in [4.78, 5) is 26.2. The molecular weight excluding hydrogens is 400 g/mol. The summed E-state index contributed by atoms with van der Waals surface area (Å²) in [7, 11) is 0. The Labute approximate surface area is 189 Å². The third-order valence-corrected chi connectivity index (χ3v) is 7.14. The van der Waals surface area contributed by atoms with Crippen LogP contribution in [-0.4, -0.2) is 46.5 Å². The first-order valence-electron chi connectivity index (χ1n) is 11.9. The van der Waals surface area contributed by atoms with E-state index in [0.29, 0.717) is 24.3 Å². The second-order valence-corrected chi connectivity index (χ2v) is 9.12. The van der Waals surface area contributed by atoms with Gasteiger partial charge in [0.25, 0.3) is 0 Å². The number of aromatic nitrogens is 2. The van der Waals surface area contributed by atoms with Gasteiger partial charge in [0.1, 0.15) is 5.82 Å². The zero-order chi connectivity index (χ0) is 21.9. The van der Waals surface area contributed by atoms with Crippen molar-refractivity contribution in [1.29, 1.82) is 5.26 Å². The lowest BCUT2D eigenvalue weighted by atomic mass is 9.85. The molecule has 2 aliphatic heterocycles. The number of carbonyl (C=O) groups excluding carboxylic acids is 1. The molecule has 7 nitrogen and oxygen atoms in total. The highest BCUT2D eigenvalue weighted by Gasteiger charge is 2.31. The summed E-state index contributed by atoms with van der Waals surface area (Å²) in [5.74, 6) is 2.08. The molecule has 1 aliphatic carbocycles. The number of fused-ring (bicyclic) bond motifs is 1. The van der Waals surface area contributed by atoms with Crippen molar-refractivity contribution in [3.8, 4) is 6.07 Å². The van der Waals surface area contributed by atoms with E-state index in [1.807, 2.05) is 24.4 Å². The molecule has 5 rings (SSSR count). The minimum absolute atomic E-state index is 0.183. The fourth-order valence-electron chi connectivity index (χ4n) is 5.43. The minimum Gasteiger partial charge on any atom is -0.351 e. The summed E-state index contributed by atoms with van der Waals surface area (Å²) in [5, 5.41) is 12.6. The topological polar surface area (TPSA) is 85.2 Å². The first-order valence-corrected chi connectivity index (χ1v) is 11.9. The number of nitriles is 1. The lowest BCUT2D eigenvalue weighted by Gasteiger charge is -2.31. The molecule has 7 heteroatoms. The molecule has 0 unspecified atom stereocenters. The predicted molar refractivity (Wildman–Crippen MR) is 124 cm³/mol. The zero-order valence-corrected chi connectivity index (χ0v) is 18.5. The van der Waals surface area contributed by atoms with Gasteiger partial charge in [-0.3, -0.25) is 4.79 Å². The van der Waals surface area contributed by atoms with E-state index >= 15 is 0 Å². The Kier molecular flexibility index (Phi) is 5.93. The molecule has 3 aliphatic rings. The predicted octanol–water partition coefficient (Wildman–Crippen LogP) is 3.83. The van der Waals surface area contributed by atoms with E-state index in [-0.39, 0.29) is 5.92 Å². The fraction of sp³-hybridized carbons (Fsp3) is 0.520. The van der Waals surface area contributed by atoms with Crippen LogP contribution in [-0.2, 0) is 17.6 Å². The van der Waals surface area contributed by atoms with Gasteiger partial charge < -0.3 is 15.1 Å². The Balaban J connectivity index is 1.22. The van der Waals surface area contributed by atoms with E-state index in [2.05, 4.69) is 32.2 Å². The monoisotopic (exact) mass is 430 g/mol. The lowest BCUT2D eigenvalue weighted by Crippen LogP contribution is -2.37. The second kappa shape index (κ2) is 9.15. The van der Waals surface area contributed by atoms with Gasteiger partial charge in [0, 0.05) is 43.5 Å². The van der Waals surface area contributed by atoms with Gasteiger partial charge in [-0.05, 0) is 68.2 Å². The molecule has 32 heavy (non-hydrogen) atoms. The largest absolute Gasteiger partial charge is 0.351 e. The van der Waals surface area contributed by atoms with Crippen molar-refractivity contribution in [2.24, 2.45) is 5.92 Å². The Hall–Kier alpha value is -3.14. The van der Waals surface area contributed by atoms with Crippen molar-refractivity contribution in [2.75, 3.05) is 29.9 Å². The Morgan fingerprint density at radius 2 is 1.94 bits per heavy atom. The number of hydrogen-bond donors (Lipinski definition) is 1. The molecule has 1 aromatic heterocycles. The average molecular weight is 431 g/mol. The van der Waals surface area contributed by atoms with Crippen LogP contribution in [0.4, 0.5) is 17.5 Å². The first kappa shape index (κ1) is 20.7. The van der Waals surface area contributed by atoms with Crippen LogP contribution >= 0.6 is 0 Å². The van der Waals surface area contributed by atoms with Gasteiger partial charge in [0.2, 0.25) is 11.9 Å². The number of anilines is 3. The average Bonchev–Trinajstić information content (AvgIpc) is 3.51. The Morgan fingerprint density at radius 3 is 2.72 bits per heavy atom. The molecule has 1 amide bonds. The molecule has 1 saturated carbocycles. The van der Waals surface area contributed by atoms with Gasteiger partial charge in [-0.25, -0.2) is 4.98 Å². The van der Waals surface area contributed by atoms with Gasteiger partial charge in [-0.1, -0.05) is 12.1 Å². The highest BCUT2D eigenvalue weighted by atomic mass is 16.2. The molecule has 0 bridgehead atoms. The lowest BCUT2D eigenvalue weighted by molar-refractivity contribution is -0.135. The van der Waals surface area contributed by atoms with Crippen molar-refractivity contribution in [1.82, 2.24) is 14.9 Å². The smallest absolute Gasteiger partial charge is 0.225 e. The maximum Gasteiger partial charge on any atom is 0.225 e. The zero-order valence-electron chi connectivity index (χ0n) is 18.5. The van der Waals surface area contributed by atoms with E-state index in [1.54, 1.807) is 0 Å². The molecule has 1 saturated heterocycles. The number of benzene rings is 1. The van der Waals surface area contributed by atoms with E-state index in [1.165, 1.54) is 5.56 Å². The van der Waals surface area contributed by atoms with Crippen LogP contribution < -0.4 is 10.2 Å². The van der Waals surface area contributed by atoms with Crippen molar-refractivity contribution < 1.29 is 4.79 Å². The Morgan fingerprint density at radius 1 is 1.12 bits per heavy atom. The number of nitrogens with one attached hydrogen (secondary N) is 1. The molecule has 1 aromatic carbocycles. The van der Waals surface area contributed by atoms with Crippen LogP contribution in [0.5, 0.6) is 0 Å². The molecule has 0 radical (unpaired) electrons. The minimum atomic E-state index is 0.183. The van der Waals surface area contributed by atoms with Crippen LogP contribution in [0.25, 0.3) is 0 Å². The van der Waals surface area contributed by atoms with Crippen LogP contribution in [0.15, 0.2) is 30.5 Å². The van der Waals surface area contributed by atoms with Crippen molar-refractivity contribution >= 4 is 23.4 Å². The van der Waals surface area contributed by atoms with Crippen LogP contribution in [0, 0.1) is 17.2 Å². The highest BCUT2D eigenvalue weighted by molar-refractivity contribution is 5.79. The molecule has 0 spiro atoms. The third kappa shape index (κ3) is 4.14. The van der Waals surface area contributed by atoms with E-state index < -0.39 is 0 Å². The second-order valence-electron chi connectivity index (χ2n) is 9.12. The quantitative estimate of drug-likeness (QED) is 0.776. The van der Waals surface area contributed by atoms with E-state index in [0.717, 1.165) is 81.6 Å². The van der Waals surface area contributed by atoms with Gasteiger partial charge in [-0.2, -0.15) is 10.2 Å². The standard InChI is InChI=1S/C25H30N6O/c26-13-10-18-4-3-5-22-21(18)12-17-31(22)23-11-14-27-25(29-23)28-20-8-6-19(7-9-20)24(32)30-15-1-2-16-30/h3-5,11,14,19-20H,1-2,6-10,12,15-17H2,(H,27,28,29). The van der Waals surface area contributed by atoms with Crippen LogP contribution in [0.2, 0.25) is 0 Å². The normalized spacial score (nSPS) is 22.5. The molecule has 2 aromatic rings. The maximum atomic E-state index is 12.7. The summed E-state index contributed by atoms with van der Waals surface area (Å²) in [6.07, 6.45) is 9.30. The molecule has 3 heterocycles. The highest BCUT2D eigenvalue weighted by Crippen LogP contribution is 2.36. The molecule has 2 fully saturated rings. The molecule has 1 N–H and O–H groups in total. The van der Waals surface area contributed by atoms with Gasteiger partial charge in [0.05, 0.1) is 12.5 Å². The molecular formula is C25H30N6O. The SMILES string of the molecule is N#CCc1cccc2c1CCN2c1ccnc(NC2CCC(C(=O)N3CCCC3)CC2)n1. The summed E-state index contributed by atoms with van der Waals surface area (Å²) >= 11 is 0. The molecule has 0 atom stereocenters. The van der Waals surface area contributed by atoms with E-state index in [4.69, 9.17) is 10.2 Å². The van der Waals surface area contributed by atoms with E-state index in [9.17, 15) is 4.79 Å². The number of rotatable bonds is 5. The number of nitrogens with zero attached hydrogens (tertiary/aromatic N) is 5. The van der Waals surface area contributed by atoms with Crippen LogP contribution in [0.3, 0.4) is 0 Å². The molecule has 166 valence electrons. The Bertz CT molecular complexity index is 1020. The summed E-state index contributed by atoms with van der Waals surface area (Å²) < 4.78 is 0. The third-order valence-electron chi connectivity index (χ3n) is 7.14. The number of carbonyl (C=O) groups is 1. The summed E-state index contributed by atoms with van der Waals surface area (Å²) in [6.45, 7) is 2.74. The van der Waals surface area contributed by atoms with Gasteiger partial charge in [0.15, 0.2) is 0 Å². The number of amides is 1. The van der Waals surface area contributed by atoms with Crippen molar-refractivity contribution in [3.63, 3.8) is 0 Å². The number of hydrogen-bond acceptors (Lipinski definition) is 6. The number of likely N-dealkylation sites (tertiary alicyclic amines) is 1. The van der Waals surface area contributed by atoms with Gasteiger partial charge >= 0.3 is 0 Å². The summed E-state index contributed by atoms with van der Waals surface area (Å²) in [5.41, 5.74) is 3.51. The summed E-state index contributed by atoms with van der Waals surface area (Å²) in [6, 6.07) is 10.7. The first-order chi connectivity index (χ1) is 15.7. The van der Waals surface area contributed by atoms with Crippen molar-refractivity contribution in [2.45, 2.75) is 57.4 Å². The van der Waals surface area contributed by atoms with Crippen molar-refractivity contribution in [3.05, 3.63) is 41.6 Å². The van der Waals surface area contributed by atoms with Gasteiger partial charge in [-0.15, -0.1) is 0 Å². The maximum absolute atomic E-state index is 12.7. The fourth-order valence-corrected chi connectivity index (χ4v) is 5.43. The van der Waals surface area contributed by atoms with Crippen LogP contribution in [0.1, 0.15) is 49.7 Å².